The number of hydrogen-bond acceptors (Lipinski definition) is 4. The summed E-state index contributed by atoms with van der Waals surface area (Å²) in [6.45, 7) is 4.66. The Morgan fingerprint density at radius 2 is 2.54 bits per heavy atom. The van der Waals surface area contributed by atoms with Gasteiger partial charge in [-0.2, -0.15) is 0 Å². The second-order valence-corrected chi connectivity index (χ2v) is 3.42. The van der Waals surface area contributed by atoms with Crippen molar-refractivity contribution in [1.82, 2.24) is 14.5 Å². The van der Waals surface area contributed by atoms with Gasteiger partial charge in [0, 0.05) is 11.9 Å². The van der Waals surface area contributed by atoms with Gasteiger partial charge in [0.25, 0.3) is 0 Å². The fourth-order valence-electron chi connectivity index (χ4n) is 1.14. The van der Waals surface area contributed by atoms with Crippen LogP contribution in [0.15, 0.2) is 5.38 Å². The topological polar surface area (TPSA) is 29.0 Å². The van der Waals surface area contributed by atoms with E-state index in [9.17, 15) is 0 Å². The number of terminal acetylenes is 1. The molecular formula is C9H13N3S. The maximum Gasteiger partial charge on any atom is 0.0895 e. The van der Waals surface area contributed by atoms with E-state index in [4.69, 9.17) is 6.42 Å². The zero-order valence-corrected chi connectivity index (χ0v) is 8.55. The van der Waals surface area contributed by atoms with Crippen LogP contribution < -0.4 is 0 Å². The maximum absolute atomic E-state index is 5.26. The zero-order valence-electron chi connectivity index (χ0n) is 7.73. The van der Waals surface area contributed by atoms with Crippen molar-refractivity contribution in [2.24, 2.45) is 0 Å². The highest BCUT2D eigenvalue weighted by Crippen LogP contribution is 2.02. The van der Waals surface area contributed by atoms with Crippen LogP contribution >= 0.6 is 11.5 Å². The predicted octanol–water partition coefficient (Wildman–Crippen LogP) is 1.38. The van der Waals surface area contributed by atoms with Gasteiger partial charge >= 0.3 is 0 Å². The SMILES string of the molecule is C#CCN(CCC)Cc1csnn1. The quantitative estimate of drug-likeness (QED) is 0.665. The molecule has 1 rings (SSSR count). The lowest BCUT2D eigenvalue weighted by Gasteiger charge is -2.16. The van der Waals surface area contributed by atoms with E-state index in [1.54, 1.807) is 0 Å². The lowest BCUT2D eigenvalue weighted by Crippen LogP contribution is -2.24. The third-order valence-corrected chi connectivity index (χ3v) is 2.20. The summed E-state index contributed by atoms with van der Waals surface area (Å²) in [6.07, 6.45) is 6.37. The molecule has 1 aromatic heterocycles. The normalized spacial score (nSPS) is 10.2. The van der Waals surface area contributed by atoms with Crippen LogP contribution in [-0.4, -0.2) is 27.6 Å². The van der Waals surface area contributed by atoms with Gasteiger partial charge in [0.1, 0.15) is 0 Å². The molecule has 3 nitrogen and oxygen atoms in total. The van der Waals surface area contributed by atoms with Crippen molar-refractivity contribution in [2.75, 3.05) is 13.1 Å². The number of aromatic nitrogens is 2. The highest BCUT2D eigenvalue weighted by molar-refractivity contribution is 7.03. The first-order valence-electron chi connectivity index (χ1n) is 4.28. The Labute approximate surface area is 82.9 Å². The van der Waals surface area contributed by atoms with E-state index >= 15 is 0 Å². The summed E-state index contributed by atoms with van der Waals surface area (Å²) in [4.78, 5) is 2.19. The van der Waals surface area contributed by atoms with Crippen molar-refractivity contribution in [3.05, 3.63) is 11.1 Å². The van der Waals surface area contributed by atoms with Crippen LogP contribution in [0.5, 0.6) is 0 Å². The maximum atomic E-state index is 5.26. The summed E-state index contributed by atoms with van der Waals surface area (Å²) < 4.78 is 3.81. The summed E-state index contributed by atoms with van der Waals surface area (Å²) in [7, 11) is 0. The average Bonchev–Trinajstić information content (AvgIpc) is 2.58. The van der Waals surface area contributed by atoms with Gasteiger partial charge < -0.3 is 0 Å². The summed E-state index contributed by atoms with van der Waals surface area (Å²) in [5.74, 6) is 2.65. The van der Waals surface area contributed by atoms with Gasteiger partial charge in [0.05, 0.1) is 12.2 Å². The van der Waals surface area contributed by atoms with Gasteiger partial charge in [-0.3, -0.25) is 4.90 Å². The van der Waals surface area contributed by atoms with Gasteiger partial charge in [0.2, 0.25) is 0 Å². The van der Waals surface area contributed by atoms with Crippen molar-refractivity contribution >= 4 is 11.5 Å². The molecule has 1 aromatic rings. The fourth-order valence-corrected chi connectivity index (χ4v) is 1.58. The third kappa shape index (κ3) is 3.53. The van der Waals surface area contributed by atoms with Crippen molar-refractivity contribution in [1.29, 1.82) is 0 Å². The molecule has 4 heteroatoms. The Morgan fingerprint density at radius 3 is 3.08 bits per heavy atom. The zero-order chi connectivity index (χ0) is 9.52. The Hall–Kier alpha value is -0.920. The van der Waals surface area contributed by atoms with E-state index in [1.807, 2.05) is 5.38 Å². The van der Waals surface area contributed by atoms with Crippen LogP contribution in [0.25, 0.3) is 0 Å². The molecule has 13 heavy (non-hydrogen) atoms. The predicted molar refractivity (Wildman–Crippen MR) is 54.3 cm³/mol. The molecule has 0 atom stereocenters. The molecule has 0 spiro atoms. The van der Waals surface area contributed by atoms with Crippen LogP contribution in [0.1, 0.15) is 19.0 Å². The second kappa shape index (κ2) is 5.68. The summed E-state index contributed by atoms with van der Waals surface area (Å²) in [5.41, 5.74) is 1.01. The minimum absolute atomic E-state index is 0.686. The summed E-state index contributed by atoms with van der Waals surface area (Å²) in [6, 6.07) is 0. The molecule has 0 unspecified atom stereocenters. The first kappa shape index (κ1) is 10.2. The van der Waals surface area contributed by atoms with Crippen molar-refractivity contribution < 1.29 is 0 Å². The average molecular weight is 195 g/mol. The molecule has 0 aliphatic carbocycles. The number of rotatable bonds is 5. The van der Waals surface area contributed by atoms with E-state index in [1.165, 1.54) is 11.5 Å². The van der Waals surface area contributed by atoms with Crippen LogP contribution in [-0.2, 0) is 6.54 Å². The van der Waals surface area contributed by atoms with E-state index in [0.29, 0.717) is 6.54 Å². The Bertz CT molecular complexity index is 263. The minimum atomic E-state index is 0.686. The van der Waals surface area contributed by atoms with E-state index in [0.717, 1.165) is 25.2 Å². The van der Waals surface area contributed by atoms with Gasteiger partial charge in [-0.15, -0.1) is 11.5 Å². The highest BCUT2D eigenvalue weighted by atomic mass is 32.1. The molecular weight excluding hydrogens is 182 g/mol. The molecule has 0 bridgehead atoms. The first-order chi connectivity index (χ1) is 6.36. The third-order valence-electron chi connectivity index (χ3n) is 1.65. The lowest BCUT2D eigenvalue weighted by molar-refractivity contribution is 0.296. The van der Waals surface area contributed by atoms with Crippen LogP contribution in [0.3, 0.4) is 0 Å². The molecule has 0 radical (unpaired) electrons. The first-order valence-corrected chi connectivity index (χ1v) is 5.12. The van der Waals surface area contributed by atoms with Crippen LogP contribution in [0.4, 0.5) is 0 Å². The van der Waals surface area contributed by atoms with Crippen LogP contribution in [0, 0.1) is 12.3 Å². The molecule has 1 heterocycles. The monoisotopic (exact) mass is 195 g/mol. The fraction of sp³-hybridized carbons (Fsp3) is 0.556. The molecule has 0 amide bonds. The van der Waals surface area contributed by atoms with Gasteiger partial charge in [-0.05, 0) is 24.5 Å². The molecule has 0 fully saturated rings. The second-order valence-electron chi connectivity index (χ2n) is 2.81. The van der Waals surface area contributed by atoms with Crippen molar-refractivity contribution in [2.45, 2.75) is 19.9 Å². The molecule has 0 aliphatic heterocycles. The summed E-state index contributed by atoms with van der Waals surface area (Å²) in [5, 5.41) is 5.94. The van der Waals surface area contributed by atoms with Crippen molar-refractivity contribution in [3.8, 4) is 12.3 Å². The van der Waals surface area contributed by atoms with Crippen LogP contribution in [0.2, 0.25) is 0 Å². The van der Waals surface area contributed by atoms with Crippen molar-refractivity contribution in [3.63, 3.8) is 0 Å². The van der Waals surface area contributed by atoms with E-state index in [-0.39, 0.29) is 0 Å². The van der Waals surface area contributed by atoms with Gasteiger partial charge in [-0.1, -0.05) is 17.3 Å². The molecule has 0 aromatic carbocycles. The van der Waals surface area contributed by atoms with E-state index < -0.39 is 0 Å². The minimum Gasteiger partial charge on any atom is -0.286 e. The highest BCUT2D eigenvalue weighted by Gasteiger charge is 2.04. The Morgan fingerprint density at radius 1 is 1.69 bits per heavy atom. The Balaban J connectivity index is 2.43. The molecule has 70 valence electrons. The summed E-state index contributed by atoms with van der Waals surface area (Å²) >= 11 is 1.38. The van der Waals surface area contributed by atoms with Gasteiger partial charge in [0.15, 0.2) is 0 Å². The molecule has 0 saturated heterocycles. The Kier molecular flexibility index (Phi) is 4.44. The smallest absolute Gasteiger partial charge is 0.0895 e. The lowest BCUT2D eigenvalue weighted by atomic mass is 10.3. The largest absolute Gasteiger partial charge is 0.286 e. The number of nitrogens with zero attached hydrogens (tertiary/aromatic N) is 3. The standard InChI is InChI=1S/C9H13N3S/c1-3-5-12(6-4-2)7-9-8-13-11-10-9/h1,8H,4-7H2,2H3. The molecule has 0 N–H and O–H groups in total. The van der Waals surface area contributed by atoms with E-state index in [2.05, 4.69) is 27.3 Å². The molecule has 0 saturated carbocycles. The van der Waals surface area contributed by atoms with Gasteiger partial charge in [-0.25, -0.2) is 0 Å². The molecule has 0 aliphatic rings. The number of hydrogen-bond donors (Lipinski definition) is 0.